The van der Waals surface area contributed by atoms with Gasteiger partial charge >= 0.3 is 0 Å². The number of ether oxygens (including phenoxy) is 2. The molecule has 1 spiro atoms. The van der Waals surface area contributed by atoms with E-state index in [1.165, 1.54) is 6.07 Å². The van der Waals surface area contributed by atoms with Crippen LogP contribution in [0.15, 0.2) is 18.2 Å². The number of carbonyl (C=O) groups excluding carboxylic acids is 1. The van der Waals surface area contributed by atoms with E-state index in [1.807, 2.05) is 4.90 Å². The van der Waals surface area contributed by atoms with Crippen LogP contribution in [0.2, 0.25) is 0 Å². The lowest BCUT2D eigenvalue weighted by atomic mass is 10.00. The number of nitrogens with one attached hydrogen (secondary N) is 1. The molecule has 0 bridgehead atoms. The van der Waals surface area contributed by atoms with Crippen molar-refractivity contribution in [2.24, 2.45) is 5.92 Å². The number of morpholine rings is 1. The zero-order valence-corrected chi connectivity index (χ0v) is 14.4. The minimum Gasteiger partial charge on any atom is -0.508 e. The van der Waals surface area contributed by atoms with Gasteiger partial charge in [0.05, 0.1) is 25.4 Å². The van der Waals surface area contributed by atoms with Crippen LogP contribution in [0, 0.1) is 5.92 Å². The highest BCUT2D eigenvalue weighted by Crippen LogP contribution is 2.28. The average molecular weight is 334 g/mol. The molecule has 3 rings (SSSR count). The van der Waals surface area contributed by atoms with E-state index < -0.39 is 0 Å². The molecule has 2 N–H and O–H groups in total. The Kier molecular flexibility index (Phi) is 4.96. The lowest BCUT2D eigenvalue weighted by Crippen LogP contribution is -2.54. The minimum absolute atomic E-state index is 0.0464. The predicted molar refractivity (Wildman–Crippen MR) is 90.5 cm³/mol. The Balaban J connectivity index is 1.74. The fourth-order valence-electron chi connectivity index (χ4n) is 3.23. The van der Waals surface area contributed by atoms with Crippen LogP contribution in [0.3, 0.4) is 0 Å². The van der Waals surface area contributed by atoms with E-state index in [9.17, 15) is 9.90 Å². The van der Waals surface area contributed by atoms with Gasteiger partial charge in [0.25, 0.3) is 5.91 Å². The number of benzene rings is 1. The lowest BCUT2D eigenvalue weighted by Gasteiger charge is -2.40. The maximum absolute atomic E-state index is 12.9. The molecule has 2 aliphatic rings. The van der Waals surface area contributed by atoms with Gasteiger partial charge in [0, 0.05) is 24.7 Å². The number of phenols is 1. The molecule has 0 aromatic heterocycles. The van der Waals surface area contributed by atoms with Gasteiger partial charge in [0.2, 0.25) is 0 Å². The van der Waals surface area contributed by atoms with Gasteiger partial charge in [-0.05, 0) is 31.0 Å². The molecule has 0 radical (unpaired) electrons. The van der Waals surface area contributed by atoms with Gasteiger partial charge in [0.15, 0.2) is 0 Å². The number of amides is 1. The van der Waals surface area contributed by atoms with Crippen molar-refractivity contribution in [3.63, 3.8) is 0 Å². The summed E-state index contributed by atoms with van der Waals surface area (Å²) in [6.45, 7) is 8.04. The minimum atomic E-state index is -0.262. The van der Waals surface area contributed by atoms with Crippen molar-refractivity contribution >= 4 is 5.91 Å². The summed E-state index contributed by atoms with van der Waals surface area (Å²) in [5.74, 6) is 0.859. The van der Waals surface area contributed by atoms with E-state index in [0.717, 1.165) is 19.5 Å². The molecule has 1 unspecified atom stereocenters. The molecule has 24 heavy (non-hydrogen) atoms. The highest BCUT2D eigenvalue weighted by Gasteiger charge is 2.40. The van der Waals surface area contributed by atoms with Gasteiger partial charge in [-0.2, -0.15) is 0 Å². The summed E-state index contributed by atoms with van der Waals surface area (Å²) >= 11 is 0. The largest absolute Gasteiger partial charge is 0.508 e. The van der Waals surface area contributed by atoms with Crippen molar-refractivity contribution < 1.29 is 19.4 Å². The summed E-state index contributed by atoms with van der Waals surface area (Å²) in [7, 11) is 0. The molecule has 1 aromatic carbocycles. The van der Waals surface area contributed by atoms with Crippen LogP contribution in [0.5, 0.6) is 11.5 Å². The maximum atomic E-state index is 12.9. The first-order valence-electron chi connectivity index (χ1n) is 8.58. The van der Waals surface area contributed by atoms with Gasteiger partial charge in [-0.3, -0.25) is 4.79 Å². The van der Waals surface area contributed by atoms with E-state index in [0.29, 0.717) is 43.5 Å². The number of nitrogens with zero attached hydrogens (tertiary/aromatic N) is 1. The number of hydrogen-bond donors (Lipinski definition) is 2. The molecule has 0 aliphatic carbocycles. The Bertz CT molecular complexity index is 597. The normalized spacial score (nSPS) is 23.9. The summed E-state index contributed by atoms with van der Waals surface area (Å²) < 4.78 is 11.6. The molecule has 2 aliphatic heterocycles. The summed E-state index contributed by atoms with van der Waals surface area (Å²) in [5.41, 5.74) is 0.193. The fraction of sp³-hybridized carbons (Fsp3) is 0.611. The molecule has 6 heteroatoms. The van der Waals surface area contributed by atoms with Gasteiger partial charge in [-0.1, -0.05) is 13.8 Å². The molecule has 1 amide bonds. The number of carbonyl (C=O) groups is 1. The molecule has 1 aromatic rings. The molecular formula is C18H26N2O4. The lowest BCUT2D eigenvalue weighted by molar-refractivity contribution is -0.0866. The monoisotopic (exact) mass is 334 g/mol. The smallest absolute Gasteiger partial charge is 0.254 e. The van der Waals surface area contributed by atoms with Gasteiger partial charge < -0.3 is 24.8 Å². The standard InChI is InChI=1S/C18H26N2O4/c1-13(2)10-23-16-8-14(7-15(21)9-16)17(22)20-5-6-24-18(12-20)3-4-19-11-18/h7-9,13,19,21H,3-6,10-12H2,1-2H3. The third-order valence-electron chi connectivity index (χ3n) is 4.46. The third-order valence-corrected chi connectivity index (χ3v) is 4.46. The van der Waals surface area contributed by atoms with E-state index in [1.54, 1.807) is 12.1 Å². The maximum Gasteiger partial charge on any atom is 0.254 e. The molecule has 2 fully saturated rings. The highest BCUT2D eigenvalue weighted by molar-refractivity contribution is 5.95. The van der Waals surface area contributed by atoms with Crippen LogP contribution in [0.25, 0.3) is 0 Å². The Hall–Kier alpha value is -1.79. The molecule has 6 nitrogen and oxygen atoms in total. The van der Waals surface area contributed by atoms with Crippen molar-refractivity contribution in [3.05, 3.63) is 23.8 Å². The quantitative estimate of drug-likeness (QED) is 0.876. The van der Waals surface area contributed by atoms with Crippen LogP contribution in [-0.4, -0.2) is 60.9 Å². The average Bonchev–Trinajstić information content (AvgIpc) is 2.99. The number of aromatic hydroxyl groups is 1. The number of rotatable bonds is 4. The van der Waals surface area contributed by atoms with Crippen molar-refractivity contribution in [1.82, 2.24) is 10.2 Å². The molecule has 2 saturated heterocycles. The van der Waals surface area contributed by atoms with Crippen molar-refractivity contribution in [3.8, 4) is 11.5 Å². The van der Waals surface area contributed by atoms with Gasteiger partial charge in [0.1, 0.15) is 11.5 Å². The highest BCUT2D eigenvalue weighted by atomic mass is 16.5. The van der Waals surface area contributed by atoms with Crippen LogP contribution in [0.1, 0.15) is 30.6 Å². The van der Waals surface area contributed by atoms with Crippen LogP contribution < -0.4 is 10.1 Å². The Morgan fingerprint density at radius 3 is 3.00 bits per heavy atom. The molecule has 1 atom stereocenters. The summed E-state index contributed by atoms with van der Waals surface area (Å²) in [6, 6.07) is 4.75. The zero-order chi connectivity index (χ0) is 17.2. The summed E-state index contributed by atoms with van der Waals surface area (Å²) in [5, 5.41) is 13.2. The first-order valence-corrected chi connectivity index (χ1v) is 8.58. The van der Waals surface area contributed by atoms with Crippen molar-refractivity contribution in [1.29, 1.82) is 0 Å². The van der Waals surface area contributed by atoms with E-state index in [2.05, 4.69) is 19.2 Å². The van der Waals surface area contributed by atoms with Crippen molar-refractivity contribution in [2.75, 3.05) is 39.4 Å². The second kappa shape index (κ2) is 6.99. The van der Waals surface area contributed by atoms with Crippen molar-refractivity contribution in [2.45, 2.75) is 25.9 Å². The van der Waals surface area contributed by atoms with Crippen LogP contribution in [0.4, 0.5) is 0 Å². The summed E-state index contributed by atoms with van der Waals surface area (Å²) in [6.07, 6.45) is 0.916. The Morgan fingerprint density at radius 2 is 2.29 bits per heavy atom. The Morgan fingerprint density at radius 1 is 1.46 bits per heavy atom. The summed E-state index contributed by atoms with van der Waals surface area (Å²) in [4.78, 5) is 14.7. The molecule has 132 valence electrons. The Labute approximate surface area is 142 Å². The predicted octanol–water partition coefficient (Wildman–Crippen LogP) is 1.63. The van der Waals surface area contributed by atoms with Crippen LogP contribution in [-0.2, 0) is 4.74 Å². The number of hydrogen-bond acceptors (Lipinski definition) is 5. The molecular weight excluding hydrogens is 308 g/mol. The number of phenolic OH excluding ortho intramolecular Hbond substituents is 1. The van der Waals surface area contributed by atoms with E-state index in [-0.39, 0.29) is 17.3 Å². The SMILES string of the molecule is CC(C)COc1cc(O)cc(C(=O)N2CCOC3(CCNC3)C2)c1. The van der Waals surface area contributed by atoms with E-state index in [4.69, 9.17) is 9.47 Å². The molecule has 0 saturated carbocycles. The molecule has 2 heterocycles. The van der Waals surface area contributed by atoms with E-state index >= 15 is 0 Å². The second-order valence-corrected chi connectivity index (χ2v) is 7.11. The zero-order valence-electron chi connectivity index (χ0n) is 14.4. The first kappa shape index (κ1) is 17.0. The first-order chi connectivity index (χ1) is 11.5. The topological polar surface area (TPSA) is 71.0 Å². The van der Waals surface area contributed by atoms with Crippen LogP contribution >= 0.6 is 0 Å². The third kappa shape index (κ3) is 3.82. The fourth-order valence-corrected chi connectivity index (χ4v) is 3.23. The van der Waals surface area contributed by atoms with Gasteiger partial charge in [-0.15, -0.1) is 0 Å². The second-order valence-electron chi connectivity index (χ2n) is 7.11. The van der Waals surface area contributed by atoms with Gasteiger partial charge in [-0.25, -0.2) is 0 Å².